The normalized spacial score (nSPS) is 15.9. The van der Waals surface area contributed by atoms with Gasteiger partial charge in [-0.05, 0) is 52.0 Å². The predicted octanol–water partition coefficient (Wildman–Crippen LogP) is 2.50. The number of benzene rings is 2. The van der Waals surface area contributed by atoms with Crippen LogP contribution in [-0.4, -0.2) is 126 Å². The molecular formula is C34H48O16. The van der Waals surface area contributed by atoms with Crippen molar-refractivity contribution in [1.82, 2.24) is 0 Å². The molecule has 2 aromatic carbocycles. The molecule has 2 aliphatic rings. The second-order valence-electron chi connectivity index (χ2n) is 10.6. The van der Waals surface area contributed by atoms with Gasteiger partial charge in [0.05, 0.1) is 26.4 Å². The monoisotopic (exact) mass is 712 g/mol. The third-order valence-corrected chi connectivity index (χ3v) is 7.26. The molecular weight excluding hydrogens is 664 g/mol. The van der Waals surface area contributed by atoms with Crippen LogP contribution in [0.3, 0.4) is 0 Å². The van der Waals surface area contributed by atoms with E-state index in [4.69, 9.17) is 56.8 Å². The largest absolute Gasteiger partial charge is 0.463 e. The van der Waals surface area contributed by atoms with Crippen molar-refractivity contribution in [3.8, 4) is 0 Å². The molecule has 16 heteroatoms. The Bertz CT molecular complexity index is 1210. The molecule has 280 valence electrons. The van der Waals surface area contributed by atoms with Crippen LogP contribution < -0.4 is 0 Å². The minimum Gasteiger partial charge on any atom is -0.463 e. The lowest BCUT2D eigenvalue weighted by Gasteiger charge is -2.17. The number of aliphatic hydroxyl groups excluding tert-OH is 4. The van der Waals surface area contributed by atoms with Gasteiger partial charge in [-0.3, -0.25) is 0 Å². The van der Waals surface area contributed by atoms with Crippen LogP contribution in [0.15, 0.2) is 24.3 Å². The second kappa shape index (κ2) is 20.7. The molecule has 4 atom stereocenters. The molecule has 2 aromatic rings. The quantitative estimate of drug-likeness (QED) is 0.0940. The number of hydrogen-bond acceptors (Lipinski definition) is 16. The third-order valence-electron chi connectivity index (χ3n) is 7.26. The van der Waals surface area contributed by atoms with E-state index in [2.05, 4.69) is 0 Å². The van der Waals surface area contributed by atoms with E-state index in [-0.39, 0.29) is 53.6 Å². The Balaban J connectivity index is 1.63. The maximum Gasteiger partial charge on any atom is 0.192 e. The maximum atomic E-state index is 10.1. The highest BCUT2D eigenvalue weighted by Gasteiger charge is 2.36. The molecule has 0 heterocycles. The van der Waals surface area contributed by atoms with Gasteiger partial charge in [-0.2, -0.15) is 0 Å². The lowest BCUT2D eigenvalue weighted by atomic mass is 9.98. The van der Waals surface area contributed by atoms with E-state index in [1.54, 1.807) is 52.0 Å². The zero-order valence-electron chi connectivity index (χ0n) is 28.8. The van der Waals surface area contributed by atoms with Crippen molar-refractivity contribution < 1.29 is 77.3 Å². The SMILES string of the molecule is CCOCC(O)OCOC1=C(OCOC(O)COCC)c2ccc3c4c(ccc1c24)C(OCOC(O)COCC)=C3OCOC(O)COCC. The second-order valence-corrected chi connectivity index (χ2v) is 10.6. The summed E-state index contributed by atoms with van der Waals surface area (Å²) in [5.41, 5.74) is 2.56. The minimum absolute atomic E-state index is 0.0354. The first-order valence-electron chi connectivity index (χ1n) is 16.4. The van der Waals surface area contributed by atoms with Crippen molar-refractivity contribution in [2.24, 2.45) is 0 Å². The van der Waals surface area contributed by atoms with Crippen molar-refractivity contribution in [3.05, 3.63) is 46.5 Å². The molecule has 4 N–H and O–H groups in total. The molecule has 0 saturated heterocycles. The average molecular weight is 713 g/mol. The van der Waals surface area contributed by atoms with Crippen molar-refractivity contribution in [2.45, 2.75) is 52.9 Å². The Morgan fingerprint density at radius 2 is 0.620 bits per heavy atom. The Hall–Kier alpha value is -3.10. The fourth-order valence-electron chi connectivity index (χ4n) is 5.07. The molecule has 0 saturated carbocycles. The van der Waals surface area contributed by atoms with Crippen molar-refractivity contribution in [1.29, 1.82) is 0 Å². The highest BCUT2D eigenvalue weighted by molar-refractivity contribution is 6.19. The van der Waals surface area contributed by atoms with E-state index >= 15 is 0 Å². The van der Waals surface area contributed by atoms with Crippen LogP contribution >= 0.6 is 0 Å². The van der Waals surface area contributed by atoms with Crippen LogP contribution in [0.25, 0.3) is 33.8 Å². The van der Waals surface area contributed by atoms with Gasteiger partial charge in [0.1, 0.15) is 0 Å². The predicted molar refractivity (Wildman–Crippen MR) is 176 cm³/mol. The standard InChI is InChI=1S/C34H48O16/c1-5-39-13-25(35)43-17-47-31-21-9-10-23-30-24(12-11-22(29(21)30)32(31)48-18-44-26(36)14-40-6-2)34(50-20-46-28(38)16-42-8-4)33(23)49-19-45-27(37)15-41-7-3/h9-12,25-28,35-38H,5-8,13-20H2,1-4H3. The van der Waals surface area contributed by atoms with Crippen molar-refractivity contribution in [3.63, 3.8) is 0 Å². The van der Waals surface area contributed by atoms with Gasteiger partial charge in [0.2, 0.25) is 0 Å². The molecule has 4 rings (SSSR count). The summed E-state index contributed by atoms with van der Waals surface area (Å²) < 4.78 is 66.6. The van der Waals surface area contributed by atoms with Gasteiger partial charge in [-0.25, -0.2) is 0 Å². The summed E-state index contributed by atoms with van der Waals surface area (Å²) in [6.45, 7) is 7.36. The van der Waals surface area contributed by atoms with Crippen LogP contribution in [-0.2, 0) is 56.8 Å². The highest BCUT2D eigenvalue weighted by atomic mass is 16.7. The van der Waals surface area contributed by atoms with Gasteiger partial charge in [0, 0.05) is 59.5 Å². The molecule has 0 fully saturated rings. The van der Waals surface area contributed by atoms with Gasteiger partial charge in [-0.1, -0.05) is 0 Å². The van der Waals surface area contributed by atoms with Crippen LogP contribution in [0.5, 0.6) is 0 Å². The summed E-state index contributed by atoms with van der Waals surface area (Å²) in [5, 5.41) is 41.9. The summed E-state index contributed by atoms with van der Waals surface area (Å²) in [5.74, 6) is 1.21. The number of aliphatic hydroxyl groups is 4. The summed E-state index contributed by atoms with van der Waals surface area (Å²) in [6, 6.07) is 7.21. The molecule has 0 aliphatic heterocycles. The van der Waals surface area contributed by atoms with E-state index in [0.717, 1.165) is 10.8 Å². The van der Waals surface area contributed by atoms with E-state index in [1.807, 2.05) is 0 Å². The van der Waals surface area contributed by atoms with Gasteiger partial charge >= 0.3 is 0 Å². The van der Waals surface area contributed by atoms with E-state index in [9.17, 15) is 20.4 Å². The lowest BCUT2D eigenvalue weighted by Crippen LogP contribution is -2.21. The lowest BCUT2D eigenvalue weighted by molar-refractivity contribution is -0.178. The smallest absolute Gasteiger partial charge is 0.192 e. The zero-order valence-corrected chi connectivity index (χ0v) is 28.8. The van der Waals surface area contributed by atoms with Gasteiger partial charge in [0.25, 0.3) is 0 Å². The molecule has 2 aliphatic carbocycles. The van der Waals surface area contributed by atoms with E-state index in [0.29, 0.717) is 71.7 Å². The maximum absolute atomic E-state index is 10.1. The van der Waals surface area contributed by atoms with E-state index in [1.165, 1.54) is 0 Å². The van der Waals surface area contributed by atoms with Gasteiger partial charge in [0.15, 0.2) is 75.4 Å². The van der Waals surface area contributed by atoms with Crippen LogP contribution in [0, 0.1) is 0 Å². The van der Waals surface area contributed by atoms with Gasteiger partial charge in [-0.15, -0.1) is 0 Å². The van der Waals surface area contributed by atoms with Crippen molar-refractivity contribution >= 4 is 33.8 Å². The summed E-state index contributed by atoms with van der Waals surface area (Å²) >= 11 is 0. The fourth-order valence-corrected chi connectivity index (χ4v) is 5.07. The third kappa shape index (κ3) is 10.5. The Morgan fingerprint density at radius 1 is 0.400 bits per heavy atom. The van der Waals surface area contributed by atoms with E-state index < -0.39 is 25.2 Å². The molecule has 4 unspecified atom stereocenters. The first-order valence-corrected chi connectivity index (χ1v) is 16.4. The zero-order chi connectivity index (χ0) is 35.9. The van der Waals surface area contributed by atoms with Crippen LogP contribution in [0.1, 0.15) is 49.9 Å². The summed E-state index contributed by atoms with van der Waals surface area (Å²) in [7, 11) is 0. The number of hydrogen-bond donors (Lipinski definition) is 4. The van der Waals surface area contributed by atoms with Crippen LogP contribution in [0.2, 0.25) is 0 Å². The van der Waals surface area contributed by atoms with Crippen LogP contribution in [0.4, 0.5) is 0 Å². The topological polar surface area (TPSA) is 192 Å². The number of rotatable bonds is 28. The Labute approximate surface area is 290 Å². The fraction of sp³-hybridized carbons (Fsp3) is 0.588. The minimum atomic E-state index is -1.22. The van der Waals surface area contributed by atoms with Crippen molar-refractivity contribution in [2.75, 3.05) is 80.0 Å². The molecule has 0 spiro atoms. The molecule has 16 nitrogen and oxygen atoms in total. The molecule has 0 radical (unpaired) electrons. The Morgan fingerprint density at radius 3 is 0.820 bits per heavy atom. The first-order chi connectivity index (χ1) is 24.3. The molecule has 0 bridgehead atoms. The summed E-state index contributed by atoms with van der Waals surface area (Å²) in [6.07, 6.45) is -4.87. The first kappa shape index (κ1) is 39.7. The Kier molecular flexibility index (Phi) is 16.4. The molecule has 50 heavy (non-hydrogen) atoms. The van der Waals surface area contributed by atoms with Gasteiger partial charge < -0.3 is 77.3 Å². The average Bonchev–Trinajstić information content (AvgIpc) is 3.58. The summed E-state index contributed by atoms with van der Waals surface area (Å²) in [4.78, 5) is 0. The highest BCUT2D eigenvalue weighted by Crippen LogP contribution is 2.51. The molecule has 0 amide bonds. The molecule has 0 aromatic heterocycles. The number of ether oxygens (including phenoxy) is 12.